The number of nitrogens with zero attached hydrogens (tertiary/aromatic N) is 4. The van der Waals surface area contributed by atoms with Crippen LogP contribution in [-0.4, -0.2) is 45.4 Å². The molecule has 5 rings (SSSR count). The van der Waals surface area contributed by atoms with Crippen LogP contribution in [0.15, 0.2) is 77.4 Å². The predicted octanol–water partition coefficient (Wildman–Crippen LogP) is 3.95. The van der Waals surface area contributed by atoms with Gasteiger partial charge >= 0.3 is 17.9 Å². The lowest BCUT2D eigenvalue weighted by Crippen LogP contribution is -2.54. The summed E-state index contributed by atoms with van der Waals surface area (Å²) in [6.07, 6.45) is 7.84. The van der Waals surface area contributed by atoms with Crippen molar-refractivity contribution < 1.29 is 28.2 Å². The van der Waals surface area contributed by atoms with E-state index in [2.05, 4.69) is 17.1 Å². The first-order valence-corrected chi connectivity index (χ1v) is 11.5. The van der Waals surface area contributed by atoms with Gasteiger partial charge in [0.1, 0.15) is 17.2 Å². The smallest absolute Gasteiger partial charge is 0.465 e. The molecular formula is C27H23N4O5+. The van der Waals surface area contributed by atoms with Gasteiger partial charge < -0.3 is 9.26 Å². The summed E-state index contributed by atoms with van der Waals surface area (Å²) < 4.78 is 11.7. The van der Waals surface area contributed by atoms with E-state index >= 15 is 0 Å². The quantitative estimate of drug-likeness (QED) is 0.386. The monoisotopic (exact) mass is 483 g/mol. The number of aromatic nitrogens is 2. The fourth-order valence-corrected chi connectivity index (χ4v) is 4.26. The molecule has 3 amide bonds. The highest BCUT2D eigenvalue weighted by atomic mass is 16.5. The van der Waals surface area contributed by atoms with E-state index in [4.69, 9.17) is 9.26 Å². The number of aryl methyl sites for hydroxylation is 1. The highest BCUT2D eigenvalue weighted by molar-refractivity contribution is 6.26. The van der Waals surface area contributed by atoms with Crippen molar-refractivity contribution in [2.45, 2.75) is 19.9 Å². The molecule has 9 heteroatoms. The maximum absolute atomic E-state index is 13.7. The number of methoxy groups -OCH3 is 1. The van der Waals surface area contributed by atoms with Crippen LogP contribution in [0, 0.1) is 5.92 Å². The summed E-state index contributed by atoms with van der Waals surface area (Å²) in [5, 5.41) is 4.07. The number of rotatable bonds is 6. The summed E-state index contributed by atoms with van der Waals surface area (Å²) in [6.45, 7) is 2.03. The first kappa shape index (κ1) is 23.1. The van der Waals surface area contributed by atoms with Crippen molar-refractivity contribution >= 4 is 29.3 Å². The van der Waals surface area contributed by atoms with Gasteiger partial charge in [-0.1, -0.05) is 66.7 Å². The van der Waals surface area contributed by atoms with Gasteiger partial charge in [-0.15, -0.1) is 4.90 Å². The molecule has 36 heavy (non-hydrogen) atoms. The number of para-hydroxylation sites is 1. The SMILES string of the molecule is CCc1ccc(-c2noc(C[N+]3=C4C=CC=CC4C(=O)N(c4ccccc4C(=O)OC)C3=O)n2)cc1. The Kier molecular flexibility index (Phi) is 6.12. The molecule has 1 aromatic heterocycles. The predicted molar refractivity (Wildman–Crippen MR) is 131 cm³/mol. The fraction of sp³-hybridized carbons (Fsp3) is 0.185. The van der Waals surface area contributed by atoms with Crippen molar-refractivity contribution in [3.8, 4) is 11.4 Å². The molecule has 0 spiro atoms. The molecule has 2 aliphatic rings. The second-order valence-corrected chi connectivity index (χ2v) is 8.26. The Labute approximate surface area is 207 Å². The Morgan fingerprint density at radius 1 is 1.11 bits per heavy atom. The van der Waals surface area contributed by atoms with E-state index in [1.807, 2.05) is 24.3 Å². The van der Waals surface area contributed by atoms with Gasteiger partial charge in [0.15, 0.2) is 12.2 Å². The Morgan fingerprint density at radius 3 is 2.64 bits per heavy atom. The number of carbonyl (C=O) groups excluding carboxylic acids is 3. The number of hydrogen-bond donors (Lipinski definition) is 0. The van der Waals surface area contributed by atoms with Crippen LogP contribution in [0.3, 0.4) is 0 Å². The van der Waals surface area contributed by atoms with E-state index in [0.29, 0.717) is 11.5 Å². The minimum atomic E-state index is -0.720. The van der Waals surface area contributed by atoms with Crippen molar-refractivity contribution in [1.82, 2.24) is 10.1 Å². The van der Waals surface area contributed by atoms with Gasteiger partial charge in [0.2, 0.25) is 5.82 Å². The molecule has 0 saturated heterocycles. The Balaban J connectivity index is 1.53. The number of esters is 1. The topological polar surface area (TPSA) is 106 Å². The highest BCUT2D eigenvalue weighted by Crippen LogP contribution is 2.29. The number of carbonyl (C=O) groups is 3. The van der Waals surface area contributed by atoms with Crippen molar-refractivity contribution in [1.29, 1.82) is 0 Å². The molecular weight excluding hydrogens is 460 g/mol. The molecule has 2 aromatic carbocycles. The van der Waals surface area contributed by atoms with Crippen LogP contribution in [0.25, 0.3) is 11.4 Å². The molecule has 1 aliphatic carbocycles. The third-order valence-electron chi connectivity index (χ3n) is 6.15. The second-order valence-electron chi connectivity index (χ2n) is 8.26. The average molecular weight is 484 g/mol. The van der Waals surface area contributed by atoms with Crippen LogP contribution >= 0.6 is 0 Å². The lowest BCUT2D eigenvalue weighted by atomic mass is 9.94. The summed E-state index contributed by atoms with van der Waals surface area (Å²) in [5.41, 5.74) is 2.73. The number of amides is 3. The van der Waals surface area contributed by atoms with Crippen LogP contribution in [0.5, 0.6) is 0 Å². The van der Waals surface area contributed by atoms with E-state index in [0.717, 1.165) is 16.9 Å². The first-order chi connectivity index (χ1) is 17.5. The zero-order chi connectivity index (χ0) is 25.2. The fourth-order valence-electron chi connectivity index (χ4n) is 4.26. The number of fused-ring (bicyclic) bond motifs is 1. The standard InChI is InChI=1S/C27H23N4O5/c1-3-17-12-14-18(15-13-17)24-28-23(36-29-24)16-30-21-10-6-4-8-19(21)25(32)31(27(30)34)22-11-7-5-9-20(22)26(33)35-2/h4-15,19H,3,16H2,1-2H3/q+1. The molecule has 0 saturated carbocycles. The van der Waals surface area contributed by atoms with Gasteiger partial charge in [0.25, 0.3) is 5.89 Å². The van der Waals surface area contributed by atoms with Crippen LogP contribution in [0.1, 0.15) is 28.7 Å². The van der Waals surface area contributed by atoms with Crippen LogP contribution in [-0.2, 0) is 22.5 Å². The van der Waals surface area contributed by atoms with Crippen molar-refractivity contribution in [2.75, 3.05) is 12.0 Å². The minimum Gasteiger partial charge on any atom is -0.465 e. The largest absolute Gasteiger partial charge is 0.506 e. The number of urea groups is 1. The Hall–Kier alpha value is -4.66. The van der Waals surface area contributed by atoms with Gasteiger partial charge in [0.05, 0.1) is 7.11 Å². The lowest BCUT2D eigenvalue weighted by Gasteiger charge is -2.26. The third kappa shape index (κ3) is 4.04. The van der Waals surface area contributed by atoms with Crippen molar-refractivity contribution in [3.05, 3.63) is 89.9 Å². The molecule has 2 heterocycles. The van der Waals surface area contributed by atoms with Crippen LogP contribution < -0.4 is 4.90 Å². The molecule has 0 fully saturated rings. The number of benzene rings is 2. The first-order valence-electron chi connectivity index (χ1n) is 11.5. The Morgan fingerprint density at radius 2 is 1.89 bits per heavy atom. The van der Waals surface area contributed by atoms with Crippen molar-refractivity contribution in [3.63, 3.8) is 0 Å². The maximum atomic E-state index is 13.7. The summed E-state index contributed by atoms with van der Waals surface area (Å²) in [5.74, 6) is -1.22. The van der Waals surface area contributed by atoms with Gasteiger partial charge in [-0.3, -0.25) is 0 Å². The van der Waals surface area contributed by atoms with E-state index in [-0.39, 0.29) is 23.7 Å². The lowest BCUT2D eigenvalue weighted by molar-refractivity contribution is -0.449. The van der Waals surface area contributed by atoms with Crippen LogP contribution in [0.2, 0.25) is 0 Å². The summed E-state index contributed by atoms with van der Waals surface area (Å²) >= 11 is 0. The zero-order valence-electron chi connectivity index (χ0n) is 19.7. The van der Waals surface area contributed by atoms with E-state index in [1.165, 1.54) is 23.3 Å². The number of anilines is 1. The summed E-state index contributed by atoms with van der Waals surface area (Å²) in [6, 6.07) is 13.6. The molecule has 9 nitrogen and oxygen atoms in total. The minimum absolute atomic E-state index is 0.0486. The van der Waals surface area contributed by atoms with Gasteiger partial charge in [-0.05, 0) is 30.2 Å². The number of imide groups is 1. The van der Waals surface area contributed by atoms with Gasteiger partial charge in [-0.2, -0.15) is 14.4 Å². The third-order valence-corrected chi connectivity index (χ3v) is 6.15. The molecule has 1 aliphatic heterocycles. The van der Waals surface area contributed by atoms with E-state index in [9.17, 15) is 14.4 Å². The number of ether oxygens (including phenoxy) is 1. The second kappa shape index (κ2) is 9.53. The zero-order valence-corrected chi connectivity index (χ0v) is 19.7. The van der Waals surface area contributed by atoms with E-state index < -0.39 is 23.8 Å². The molecule has 0 N–H and O–H groups in total. The number of allylic oxidation sites excluding steroid dienone is 3. The average Bonchev–Trinajstić information content (AvgIpc) is 3.39. The Bertz CT molecular complexity index is 1450. The highest BCUT2D eigenvalue weighted by Gasteiger charge is 2.49. The normalized spacial score (nSPS) is 16.9. The maximum Gasteiger partial charge on any atom is 0.506 e. The molecule has 180 valence electrons. The van der Waals surface area contributed by atoms with Gasteiger partial charge in [0, 0.05) is 5.56 Å². The molecule has 0 bridgehead atoms. The molecule has 1 unspecified atom stereocenters. The molecule has 3 aromatic rings. The van der Waals surface area contributed by atoms with Crippen LogP contribution in [0.4, 0.5) is 10.5 Å². The van der Waals surface area contributed by atoms with Crippen molar-refractivity contribution in [2.24, 2.45) is 5.92 Å². The summed E-state index contributed by atoms with van der Waals surface area (Å²) in [4.78, 5) is 45.0. The van der Waals surface area contributed by atoms with Gasteiger partial charge in [-0.25, -0.2) is 9.59 Å². The van der Waals surface area contributed by atoms with E-state index in [1.54, 1.807) is 42.5 Å². The number of hydrogen-bond acceptors (Lipinski definition) is 7. The summed E-state index contributed by atoms with van der Waals surface area (Å²) in [7, 11) is 1.24. The molecule has 0 radical (unpaired) electrons. The molecule has 1 atom stereocenters.